The second-order valence-corrected chi connectivity index (χ2v) is 6.00. The van der Waals surface area contributed by atoms with Gasteiger partial charge in [-0.25, -0.2) is 9.97 Å². The van der Waals surface area contributed by atoms with Gasteiger partial charge in [0, 0.05) is 24.2 Å². The molecule has 1 saturated heterocycles. The summed E-state index contributed by atoms with van der Waals surface area (Å²) in [5, 5.41) is 3.30. The van der Waals surface area contributed by atoms with Crippen LogP contribution in [0.2, 0.25) is 5.02 Å². The standard InChI is InChI=1S/C17H19ClN4O3/c1-12(25-14-4-2-3-13(18)9-14)17(23)21-15-10-16(20-11-19-15)22-5-7-24-8-6-22/h2-4,9-12H,5-8H2,1H3,(H,19,20,21,23). The van der Waals surface area contributed by atoms with E-state index in [1.54, 1.807) is 37.3 Å². The molecular formula is C17H19ClN4O3. The van der Waals surface area contributed by atoms with Crippen LogP contribution in [0.3, 0.4) is 0 Å². The lowest BCUT2D eigenvalue weighted by molar-refractivity contribution is -0.122. The highest BCUT2D eigenvalue weighted by atomic mass is 35.5. The Labute approximate surface area is 150 Å². The smallest absolute Gasteiger partial charge is 0.266 e. The van der Waals surface area contributed by atoms with Gasteiger partial charge in [0.2, 0.25) is 0 Å². The van der Waals surface area contributed by atoms with Crippen LogP contribution < -0.4 is 15.0 Å². The molecule has 0 spiro atoms. The van der Waals surface area contributed by atoms with E-state index in [0.717, 1.165) is 18.9 Å². The van der Waals surface area contributed by atoms with E-state index in [2.05, 4.69) is 20.2 Å². The molecule has 3 rings (SSSR count). The highest BCUT2D eigenvalue weighted by molar-refractivity contribution is 6.30. The van der Waals surface area contributed by atoms with Crippen molar-refractivity contribution in [3.63, 3.8) is 0 Å². The van der Waals surface area contributed by atoms with E-state index < -0.39 is 6.10 Å². The van der Waals surface area contributed by atoms with Gasteiger partial charge >= 0.3 is 0 Å². The number of nitrogens with zero attached hydrogens (tertiary/aromatic N) is 3. The highest BCUT2D eigenvalue weighted by Crippen LogP contribution is 2.19. The number of rotatable bonds is 5. The van der Waals surface area contributed by atoms with Crippen molar-refractivity contribution in [3.8, 4) is 5.75 Å². The molecule has 1 aliphatic rings. The fourth-order valence-corrected chi connectivity index (χ4v) is 2.59. The first-order chi connectivity index (χ1) is 12.1. The number of benzene rings is 1. The Bertz CT molecular complexity index is 737. The Morgan fingerprint density at radius 3 is 2.88 bits per heavy atom. The summed E-state index contributed by atoms with van der Waals surface area (Å²) in [5.74, 6) is 1.43. The molecule has 1 aromatic carbocycles. The Morgan fingerprint density at radius 1 is 1.32 bits per heavy atom. The Morgan fingerprint density at radius 2 is 2.12 bits per heavy atom. The van der Waals surface area contributed by atoms with E-state index >= 15 is 0 Å². The summed E-state index contributed by atoms with van der Waals surface area (Å²) in [6, 6.07) is 8.66. The predicted molar refractivity (Wildman–Crippen MR) is 95.2 cm³/mol. The fourth-order valence-electron chi connectivity index (χ4n) is 2.41. The minimum absolute atomic E-state index is 0.299. The third kappa shape index (κ3) is 4.80. The molecule has 0 saturated carbocycles. The molecule has 1 aromatic heterocycles. The first-order valence-electron chi connectivity index (χ1n) is 7.99. The van der Waals surface area contributed by atoms with Gasteiger partial charge < -0.3 is 19.7 Å². The number of carbonyl (C=O) groups excluding carboxylic acids is 1. The number of carbonyl (C=O) groups is 1. The minimum atomic E-state index is -0.694. The van der Waals surface area contributed by atoms with E-state index in [1.807, 2.05) is 0 Å². The maximum atomic E-state index is 12.3. The Kier molecular flexibility index (Phi) is 5.67. The van der Waals surface area contributed by atoms with Gasteiger partial charge in [-0.3, -0.25) is 4.79 Å². The normalized spacial score (nSPS) is 15.5. The zero-order valence-corrected chi connectivity index (χ0v) is 14.6. The van der Waals surface area contributed by atoms with Crippen molar-refractivity contribution in [2.75, 3.05) is 36.5 Å². The first kappa shape index (κ1) is 17.4. The van der Waals surface area contributed by atoms with Gasteiger partial charge in [0.25, 0.3) is 5.91 Å². The van der Waals surface area contributed by atoms with Crippen LogP contribution >= 0.6 is 11.6 Å². The SMILES string of the molecule is CC(Oc1cccc(Cl)c1)C(=O)Nc1cc(N2CCOCC2)ncn1. The molecule has 0 radical (unpaired) electrons. The first-order valence-corrected chi connectivity index (χ1v) is 8.37. The number of ether oxygens (including phenoxy) is 2. The maximum Gasteiger partial charge on any atom is 0.266 e. The average molecular weight is 363 g/mol. The van der Waals surface area contributed by atoms with Crippen molar-refractivity contribution in [2.24, 2.45) is 0 Å². The van der Waals surface area contributed by atoms with E-state index in [9.17, 15) is 4.79 Å². The number of hydrogen-bond acceptors (Lipinski definition) is 6. The lowest BCUT2D eigenvalue weighted by Gasteiger charge is -2.27. The van der Waals surface area contributed by atoms with E-state index in [4.69, 9.17) is 21.1 Å². The summed E-state index contributed by atoms with van der Waals surface area (Å²) in [6.45, 7) is 4.52. The number of morpholine rings is 1. The number of nitrogens with one attached hydrogen (secondary N) is 1. The van der Waals surface area contributed by atoms with Gasteiger partial charge in [0.1, 0.15) is 23.7 Å². The number of anilines is 2. The summed E-state index contributed by atoms with van der Waals surface area (Å²) in [7, 11) is 0. The number of aromatic nitrogens is 2. The van der Waals surface area contributed by atoms with Crippen LogP contribution in [0, 0.1) is 0 Å². The molecule has 8 heteroatoms. The average Bonchev–Trinajstić information content (AvgIpc) is 2.62. The van der Waals surface area contributed by atoms with Crippen molar-refractivity contribution in [2.45, 2.75) is 13.0 Å². The zero-order chi connectivity index (χ0) is 17.6. The van der Waals surface area contributed by atoms with Crippen molar-refractivity contribution < 1.29 is 14.3 Å². The lowest BCUT2D eigenvalue weighted by atomic mass is 10.3. The van der Waals surface area contributed by atoms with Gasteiger partial charge in [-0.2, -0.15) is 0 Å². The Balaban J connectivity index is 1.62. The van der Waals surface area contributed by atoms with Crippen LogP contribution in [0.15, 0.2) is 36.7 Å². The highest BCUT2D eigenvalue weighted by Gasteiger charge is 2.17. The van der Waals surface area contributed by atoms with Crippen LogP contribution in [-0.4, -0.2) is 48.3 Å². The van der Waals surface area contributed by atoms with Crippen LogP contribution in [0.4, 0.5) is 11.6 Å². The quantitative estimate of drug-likeness (QED) is 0.880. The molecule has 25 heavy (non-hydrogen) atoms. The molecule has 1 fully saturated rings. The topological polar surface area (TPSA) is 76.6 Å². The molecule has 132 valence electrons. The Hall–Kier alpha value is -2.38. The largest absolute Gasteiger partial charge is 0.481 e. The van der Waals surface area contributed by atoms with E-state index in [0.29, 0.717) is 29.8 Å². The van der Waals surface area contributed by atoms with Gasteiger partial charge in [0.15, 0.2) is 6.10 Å². The minimum Gasteiger partial charge on any atom is -0.481 e. The molecule has 2 aromatic rings. The lowest BCUT2D eigenvalue weighted by Crippen LogP contribution is -2.37. The maximum absolute atomic E-state index is 12.3. The van der Waals surface area contributed by atoms with Crippen molar-refractivity contribution in [1.82, 2.24) is 9.97 Å². The molecule has 0 bridgehead atoms. The summed E-state index contributed by atoms with van der Waals surface area (Å²) in [4.78, 5) is 22.8. The number of halogens is 1. The van der Waals surface area contributed by atoms with E-state index in [-0.39, 0.29) is 5.91 Å². The molecule has 1 atom stereocenters. The van der Waals surface area contributed by atoms with Crippen LogP contribution in [0.5, 0.6) is 5.75 Å². The number of hydrogen-bond donors (Lipinski definition) is 1. The fraction of sp³-hybridized carbons (Fsp3) is 0.353. The number of amides is 1. The van der Waals surface area contributed by atoms with Crippen LogP contribution in [-0.2, 0) is 9.53 Å². The molecule has 0 aliphatic carbocycles. The van der Waals surface area contributed by atoms with E-state index in [1.165, 1.54) is 6.33 Å². The van der Waals surface area contributed by atoms with Gasteiger partial charge in [0.05, 0.1) is 13.2 Å². The van der Waals surface area contributed by atoms with Crippen molar-refractivity contribution in [1.29, 1.82) is 0 Å². The monoisotopic (exact) mass is 362 g/mol. The summed E-state index contributed by atoms with van der Waals surface area (Å²) >= 11 is 5.92. The second kappa shape index (κ2) is 8.13. The molecule has 1 N–H and O–H groups in total. The van der Waals surface area contributed by atoms with Gasteiger partial charge in [-0.05, 0) is 25.1 Å². The third-order valence-corrected chi connectivity index (χ3v) is 3.95. The summed E-state index contributed by atoms with van der Waals surface area (Å²) < 4.78 is 10.9. The van der Waals surface area contributed by atoms with Gasteiger partial charge in [-0.15, -0.1) is 0 Å². The van der Waals surface area contributed by atoms with Crippen molar-refractivity contribution in [3.05, 3.63) is 41.7 Å². The molecule has 1 unspecified atom stereocenters. The van der Waals surface area contributed by atoms with Crippen LogP contribution in [0.25, 0.3) is 0 Å². The van der Waals surface area contributed by atoms with Gasteiger partial charge in [-0.1, -0.05) is 17.7 Å². The second-order valence-electron chi connectivity index (χ2n) is 5.57. The molecular weight excluding hydrogens is 344 g/mol. The summed E-state index contributed by atoms with van der Waals surface area (Å²) in [5.41, 5.74) is 0. The molecule has 7 nitrogen and oxygen atoms in total. The van der Waals surface area contributed by atoms with Crippen LogP contribution in [0.1, 0.15) is 6.92 Å². The zero-order valence-electron chi connectivity index (χ0n) is 13.8. The summed E-state index contributed by atoms with van der Waals surface area (Å²) in [6.07, 6.45) is 0.739. The molecule has 2 heterocycles. The molecule has 1 aliphatic heterocycles. The predicted octanol–water partition coefficient (Wildman–Crippen LogP) is 2.37. The third-order valence-electron chi connectivity index (χ3n) is 3.72. The molecule has 1 amide bonds. The van der Waals surface area contributed by atoms with Crippen molar-refractivity contribution >= 4 is 29.1 Å².